The maximum atomic E-state index is 4.21. The molecule has 1 nitrogen and oxygen atoms in total. The summed E-state index contributed by atoms with van der Waals surface area (Å²) in [5, 5.41) is 4.21. The van der Waals surface area contributed by atoms with E-state index in [-0.39, 0.29) is 0 Å². The Kier molecular flexibility index (Phi) is 8.50. The molecular weight excluding hydrogens is 204 g/mol. The molecule has 0 radical (unpaired) electrons. The van der Waals surface area contributed by atoms with Crippen LogP contribution in [0.2, 0.25) is 11.0 Å². The fourth-order valence-corrected chi connectivity index (χ4v) is 0.716. The molecule has 0 N–H and O–H groups in total. The van der Waals surface area contributed by atoms with E-state index >= 15 is 0 Å². The summed E-state index contributed by atoms with van der Waals surface area (Å²) < 4.78 is 0. The molecule has 0 aromatic heterocycles. The average Bonchev–Trinajstić information content (AvgIpc) is 2.08. The predicted molar refractivity (Wildman–Crippen MR) is 57.5 cm³/mol. The van der Waals surface area contributed by atoms with E-state index in [0.29, 0.717) is 17.4 Å². The molecule has 0 unspecified atom stereocenters. The Bertz CT molecular complexity index is 174. The quantitative estimate of drug-likeness (QED) is 0.677. The van der Waals surface area contributed by atoms with Crippen LogP contribution in [-0.4, -0.2) is 24.0 Å². The monoisotopic (exact) mass is 219 g/mol. The number of para-hydroxylation sites is 1. The molecule has 0 amide bonds. The molecule has 0 fully saturated rings. The van der Waals surface area contributed by atoms with Gasteiger partial charge < -0.3 is 5.32 Å². The van der Waals surface area contributed by atoms with Crippen molar-refractivity contribution in [1.82, 2.24) is 0 Å². The summed E-state index contributed by atoms with van der Waals surface area (Å²) in [4.78, 5) is 0. The molecular formula is C10H16GaN. The first-order valence-corrected chi connectivity index (χ1v) is 9.16. The third-order valence-corrected chi connectivity index (χ3v) is 1.10. The first-order chi connectivity index (χ1) is 5.85. The van der Waals surface area contributed by atoms with Crippen LogP contribution in [0.15, 0.2) is 30.3 Å². The van der Waals surface area contributed by atoms with Crippen LogP contribution in [-0.2, 0) is 0 Å². The topological polar surface area (TPSA) is 14.1 Å². The summed E-state index contributed by atoms with van der Waals surface area (Å²) in [5.41, 5.74) is 5.63. The van der Waals surface area contributed by atoms with E-state index in [1.165, 1.54) is 0 Å². The number of benzene rings is 1. The van der Waals surface area contributed by atoms with Gasteiger partial charge in [-0.3, -0.25) is 0 Å². The SMILES string of the molecule is CC[N-]c1ccccc1.[CH3][Ga+][CH3]. The van der Waals surface area contributed by atoms with Crippen molar-refractivity contribution >= 4 is 23.1 Å². The zero-order chi connectivity index (χ0) is 9.23. The zero-order valence-corrected chi connectivity index (χ0v) is 10.5. The summed E-state index contributed by atoms with van der Waals surface area (Å²) in [7, 11) is 0. The van der Waals surface area contributed by atoms with Crippen molar-refractivity contribution in [2.45, 2.75) is 17.9 Å². The summed E-state index contributed by atoms with van der Waals surface area (Å²) in [5.74, 6) is 0. The van der Waals surface area contributed by atoms with Crippen molar-refractivity contribution in [2.24, 2.45) is 0 Å². The van der Waals surface area contributed by atoms with Gasteiger partial charge in [-0.15, -0.1) is 12.2 Å². The van der Waals surface area contributed by atoms with Gasteiger partial charge in [0.25, 0.3) is 0 Å². The minimum absolute atomic E-state index is 0.312. The van der Waals surface area contributed by atoms with Gasteiger partial charge in [-0.25, -0.2) is 0 Å². The van der Waals surface area contributed by atoms with E-state index in [4.69, 9.17) is 0 Å². The van der Waals surface area contributed by atoms with Crippen LogP contribution in [0.4, 0.5) is 5.69 Å². The molecule has 1 rings (SSSR count). The minimum atomic E-state index is 0.312. The molecule has 2 heteroatoms. The van der Waals surface area contributed by atoms with Crippen molar-refractivity contribution in [3.63, 3.8) is 0 Å². The van der Waals surface area contributed by atoms with Crippen molar-refractivity contribution in [2.75, 3.05) is 6.54 Å². The second-order valence-electron chi connectivity index (χ2n) is 2.39. The van der Waals surface area contributed by atoms with Gasteiger partial charge in [0.05, 0.1) is 0 Å². The molecule has 0 atom stereocenters. The Labute approximate surface area is 83.4 Å². The summed E-state index contributed by atoms with van der Waals surface area (Å²) in [6, 6.07) is 9.99. The van der Waals surface area contributed by atoms with Crippen LogP contribution < -0.4 is 0 Å². The van der Waals surface area contributed by atoms with Gasteiger partial charge in [0.15, 0.2) is 0 Å². The fourth-order valence-electron chi connectivity index (χ4n) is 0.716. The molecule has 0 saturated heterocycles. The number of rotatable bonds is 2. The maximum absolute atomic E-state index is 4.21. The van der Waals surface area contributed by atoms with Gasteiger partial charge in [0, 0.05) is 0 Å². The molecule has 0 spiro atoms. The number of nitrogens with zero attached hydrogens (tertiary/aromatic N) is 1. The van der Waals surface area contributed by atoms with Gasteiger partial charge in [0.2, 0.25) is 0 Å². The third-order valence-electron chi connectivity index (χ3n) is 1.10. The van der Waals surface area contributed by atoms with E-state index in [1.807, 2.05) is 37.3 Å². The second kappa shape index (κ2) is 8.75. The van der Waals surface area contributed by atoms with Gasteiger partial charge >= 0.3 is 28.4 Å². The molecule has 0 saturated carbocycles. The van der Waals surface area contributed by atoms with Crippen molar-refractivity contribution in [1.29, 1.82) is 0 Å². The molecule has 0 bridgehead atoms. The van der Waals surface area contributed by atoms with E-state index in [9.17, 15) is 0 Å². The van der Waals surface area contributed by atoms with E-state index in [2.05, 4.69) is 16.3 Å². The Morgan fingerprint density at radius 2 is 1.67 bits per heavy atom. The van der Waals surface area contributed by atoms with Crippen LogP contribution in [0, 0.1) is 0 Å². The number of hydrogen-bond acceptors (Lipinski definition) is 0. The standard InChI is InChI=1S/C8H10N.2CH3.Ga/c1-2-9-8-6-4-3-5-7-8;;;/h3-7H,2H2,1H3;2*1H3;/q-1;;;+1. The first kappa shape index (κ1) is 11.7. The van der Waals surface area contributed by atoms with Gasteiger partial charge in [-0.05, 0) is 0 Å². The fraction of sp³-hybridized carbons (Fsp3) is 0.400. The van der Waals surface area contributed by atoms with Crippen LogP contribution in [0.25, 0.3) is 5.32 Å². The van der Waals surface area contributed by atoms with Gasteiger partial charge in [0.1, 0.15) is 0 Å². The zero-order valence-electron chi connectivity index (χ0n) is 8.12. The van der Waals surface area contributed by atoms with Crippen LogP contribution in [0.5, 0.6) is 0 Å². The van der Waals surface area contributed by atoms with E-state index in [1.54, 1.807) is 0 Å². The Morgan fingerprint density at radius 3 is 2.08 bits per heavy atom. The first-order valence-electron chi connectivity index (χ1n) is 4.31. The molecule has 12 heavy (non-hydrogen) atoms. The predicted octanol–water partition coefficient (Wildman–Crippen LogP) is 3.50. The summed E-state index contributed by atoms with van der Waals surface area (Å²) >= 11 is 0.312. The van der Waals surface area contributed by atoms with Crippen LogP contribution in [0.3, 0.4) is 0 Å². The van der Waals surface area contributed by atoms with Crippen molar-refractivity contribution in [3.05, 3.63) is 35.6 Å². The van der Waals surface area contributed by atoms with Gasteiger partial charge in [-0.2, -0.15) is 0 Å². The number of hydrogen-bond donors (Lipinski definition) is 0. The summed E-state index contributed by atoms with van der Waals surface area (Å²) in [6.45, 7) is 2.90. The van der Waals surface area contributed by atoms with Crippen LogP contribution >= 0.6 is 0 Å². The molecule has 64 valence electrons. The molecule has 1 aromatic rings. The molecule has 0 heterocycles. The Morgan fingerprint density at radius 1 is 1.17 bits per heavy atom. The molecule has 0 aliphatic heterocycles. The Hall–Kier alpha value is -0.344. The van der Waals surface area contributed by atoms with E-state index in [0.717, 1.165) is 12.2 Å². The van der Waals surface area contributed by atoms with Crippen molar-refractivity contribution < 1.29 is 0 Å². The normalized spacial score (nSPS) is 7.58. The van der Waals surface area contributed by atoms with Gasteiger partial charge in [-0.1, -0.05) is 37.3 Å². The second-order valence-corrected chi connectivity index (χ2v) is 4.81. The Balaban J connectivity index is 0.000000354. The van der Waals surface area contributed by atoms with Crippen LogP contribution in [0.1, 0.15) is 6.92 Å². The summed E-state index contributed by atoms with van der Waals surface area (Å²) in [6.07, 6.45) is 0. The molecule has 0 aliphatic carbocycles. The third kappa shape index (κ3) is 6.37. The van der Waals surface area contributed by atoms with E-state index < -0.39 is 0 Å². The average molecular weight is 220 g/mol. The molecule has 1 aromatic carbocycles. The van der Waals surface area contributed by atoms with Crippen molar-refractivity contribution in [3.8, 4) is 0 Å². The molecule has 0 aliphatic rings.